The van der Waals surface area contributed by atoms with Crippen LogP contribution in [0.3, 0.4) is 0 Å². The molecule has 0 saturated carbocycles. The van der Waals surface area contributed by atoms with Crippen LogP contribution in [0.1, 0.15) is 93.4 Å². The van der Waals surface area contributed by atoms with Crippen molar-refractivity contribution < 1.29 is 23.1 Å². The number of amides is 2. The molecule has 0 saturated heterocycles. The number of pyridine rings is 1. The Morgan fingerprint density at radius 3 is 2.26 bits per heavy atom. The Morgan fingerprint density at radius 2 is 1.77 bits per heavy atom. The minimum atomic E-state index is -3.29. The number of benzene rings is 1. The minimum absolute atomic E-state index is 0.0225. The summed E-state index contributed by atoms with van der Waals surface area (Å²) in [4.78, 5) is 31.9. The molecule has 2 N–H and O–H groups in total. The first-order valence-corrected chi connectivity index (χ1v) is 13.5. The molecule has 0 fully saturated rings. The number of sulfone groups is 1. The standard InChI is InChI=1S/C26H35N3O5S/c1-8-35(33,34)18-11-9-17(10-12-18)14-27-24(30)20-13-19-16(4)29(25(31)32)22(15(2)3)21(19)28-23(20)26(5,6)7/h9-13,15-16,22H,8,14H2,1-7H3,(H,27,30)(H,31,32)/t16?,22-/m0/s1. The number of carbonyl (C=O) groups is 2. The summed E-state index contributed by atoms with van der Waals surface area (Å²) >= 11 is 0. The van der Waals surface area contributed by atoms with Gasteiger partial charge < -0.3 is 10.4 Å². The van der Waals surface area contributed by atoms with E-state index < -0.39 is 27.4 Å². The highest BCUT2D eigenvalue weighted by molar-refractivity contribution is 7.91. The van der Waals surface area contributed by atoms with Crippen molar-refractivity contribution in [2.45, 2.75) is 77.4 Å². The molecule has 0 spiro atoms. The van der Waals surface area contributed by atoms with Crippen LogP contribution in [0.2, 0.25) is 0 Å². The van der Waals surface area contributed by atoms with Gasteiger partial charge in [-0.3, -0.25) is 14.7 Å². The van der Waals surface area contributed by atoms with Crippen molar-refractivity contribution >= 4 is 21.8 Å². The number of rotatable bonds is 6. The molecule has 1 aromatic heterocycles. The van der Waals surface area contributed by atoms with Crippen LogP contribution < -0.4 is 5.32 Å². The lowest BCUT2D eigenvalue weighted by molar-refractivity contribution is 0.0947. The second-order valence-electron chi connectivity index (χ2n) is 10.4. The third kappa shape index (κ3) is 5.19. The Hall–Kier alpha value is -2.94. The third-order valence-corrected chi connectivity index (χ3v) is 8.20. The van der Waals surface area contributed by atoms with Gasteiger partial charge in [0.05, 0.1) is 39.7 Å². The highest BCUT2D eigenvalue weighted by Gasteiger charge is 2.43. The largest absolute Gasteiger partial charge is 0.465 e. The Kier molecular flexibility index (Phi) is 7.32. The first-order valence-electron chi connectivity index (χ1n) is 11.9. The van der Waals surface area contributed by atoms with Gasteiger partial charge >= 0.3 is 6.09 Å². The summed E-state index contributed by atoms with van der Waals surface area (Å²) in [7, 11) is -3.29. The van der Waals surface area contributed by atoms with Crippen molar-refractivity contribution in [3.05, 3.63) is 58.4 Å². The molecule has 1 aromatic carbocycles. The van der Waals surface area contributed by atoms with Crippen molar-refractivity contribution in [1.29, 1.82) is 0 Å². The summed E-state index contributed by atoms with van der Waals surface area (Å²) in [6.07, 6.45) is -1.01. The zero-order valence-electron chi connectivity index (χ0n) is 21.4. The minimum Gasteiger partial charge on any atom is -0.465 e. The van der Waals surface area contributed by atoms with Crippen LogP contribution in [0, 0.1) is 5.92 Å². The first kappa shape index (κ1) is 26.7. The molecule has 0 bridgehead atoms. The van der Waals surface area contributed by atoms with Gasteiger partial charge in [0, 0.05) is 12.0 Å². The molecule has 190 valence electrons. The van der Waals surface area contributed by atoms with Crippen LogP contribution in [-0.2, 0) is 21.8 Å². The molecule has 2 aromatic rings. The second-order valence-corrected chi connectivity index (χ2v) is 12.7. The van der Waals surface area contributed by atoms with E-state index in [1.807, 2.05) is 41.5 Å². The Bertz CT molecular complexity index is 1230. The predicted octanol–water partition coefficient (Wildman–Crippen LogP) is 4.85. The van der Waals surface area contributed by atoms with Gasteiger partial charge in [-0.15, -0.1) is 0 Å². The SMILES string of the molecule is CCS(=O)(=O)c1ccc(CNC(=O)c2cc3c(nc2C(C)(C)C)[C@H](C(C)C)N(C(=O)O)C3C)cc1. The topological polar surface area (TPSA) is 117 Å². The van der Waals surface area contributed by atoms with E-state index in [2.05, 4.69) is 5.32 Å². The number of fused-ring (bicyclic) bond motifs is 1. The number of hydrogen-bond donors (Lipinski definition) is 2. The summed E-state index contributed by atoms with van der Waals surface area (Å²) in [5.41, 5.74) is 2.82. The van der Waals surface area contributed by atoms with Crippen LogP contribution >= 0.6 is 0 Å². The second kappa shape index (κ2) is 9.60. The highest BCUT2D eigenvalue weighted by atomic mass is 32.2. The fourth-order valence-corrected chi connectivity index (χ4v) is 5.45. The van der Waals surface area contributed by atoms with Gasteiger partial charge in [0.2, 0.25) is 0 Å². The smallest absolute Gasteiger partial charge is 0.408 e. The lowest BCUT2D eigenvalue weighted by Gasteiger charge is -2.28. The zero-order chi connectivity index (χ0) is 26.3. The van der Waals surface area contributed by atoms with Crippen LogP contribution in [0.4, 0.5) is 4.79 Å². The maximum Gasteiger partial charge on any atom is 0.408 e. The fraction of sp³-hybridized carbons (Fsp3) is 0.500. The van der Waals surface area contributed by atoms with E-state index >= 15 is 0 Å². The Balaban J connectivity index is 1.95. The molecule has 2 atom stereocenters. The van der Waals surface area contributed by atoms with Crippen LogP contribution in [0.5, 0.6) is 0 Å². The molecule has 2 amide bonds. The van der Waals surface area contributed by atoms with Crippen molar-refractivity contribution in [3.63, 3.8) is 0 Å². The molecule has 35 heavy (non-hydrogen) atoms. The predicted molar refractivity (Wildman–Crippen MR) is 134 cm³/mol. The van der Waals surface area contributed by atoms with E-state index in [9.17, 15) is 23.1 Å². The fourth-order valence-electron chi connectivity index (χ4n) is 4.56. The summed E-state index contributed by atoms with van der Waals surface area (Å²) in [6, 6.07) is 7.46. The van der Waals surface area contributed by atoms with Crippen LogP contribution in [-0.4, -0.2) is 41.2 Å². The maximum absolute atomic E-state index is 13.3. The van der Waals surface area contributed by atoms with Gasteiger partial charge in [-0.1, -0.05) is 53.7 Å². The van der Waals surface area contributed by atoms with Gasteiger partial charge in [-0.25, -0.2) is 13.2 Å². The molecule has 2 heterocycles. The molecule has 0 radical (unpaired) electrons. The van der Waals surface area contributed by atoms with E-state index in [0.29, 0.717) is 17.0 Å². The molecule has 9 heteroatoms. The molecule has 8 nitrogen and oxygen atoms in total. The lowest BCUT2D eigenvalue weighted by Crippen LogP contribution is -2.33. The molecule has 1 unspecified atom stereocenters. The average Bonchev–Trinajstić information content (AvgIpc) is 3.08. The van der Waals surface area contributed by atoms with Gasteiger partial charge in [0.25, 0.3) is 5.91 Å². The molecule has 1 aliphatic heterocycles. The van der Waals surface area contributed by atoms with Crippen LogP contribution in [0.15, 0.2) is 35.2 Å². The first-order chi connectivity index (χ1) is 16.2. The number of carbonyl (C=O) groups excluding carboxylic acids is 1. The lowest BCUT2D eigenvalue weighted by atomic mass is 9.86. The third-order valence-electron chi connectivity index (χ3n) is 6.45. The number of carboxylic acid groups (broad SMARTS) is 1. The van der Waals surface area contributed by atoms with E-state index in [1.165, 1.54) is 4.90 Å². The van der Waals surface area contributed by atoms with E-state index in [1.54, 1.807) is 37.3 Å². The summed E-state index contributed by atoms with van der Waals surface area (Å²) in [5.74, 6) is -0.258. The van der Waals surface area contributed by atoms with E-state index in [0.717, 1.165) is 11.1 Å². The van der Waals surface area contributed by atoms with Gasteiger partial charge in [-0.2, -0.15) is 0 Å². The molecule has 0 aliphatic carbocycles. The molecular weight excluding hydrogens is 466 g/mol. The number of nitrogens with zero attached hydrogens (tertiary/aromatic N) is 2. The maximum atomic E-state index is 13.3. The number of nitrogens with one attached hydrogen (secondary N) is 1. The van der Waals surface area contributed by atoms with Gasteiger partial charge in [-0.05, 0) is 42.2 Å². The molecule has 1 aliphatic rings. The van der Waals surface area contributed by atoms with Crippen molar-refractivity contribution in [3.8, 4) is 0 Å². The normalized spacial score (nSPS) is 18.0. The van der Waals surface area contributed by atoms with E-state index in [-0.39, 0.29) is 35.1 Å². The summed E-state index contributed by atoms with van der Waals surface area (Å²) in [5, 5.41) is 12.8. The number of aromatic nitrogens is 1. The Morgan fingerprint density at radius 1 is 1.17 bits per heavy atom. The van der Waals surface area contributed by atoms with Crippen molar-refractivity contribution in [2.75, 3.05) is 5.75 Å². The highest BCUT2D eigenvalue weighted by Crippen LogP contribution is 2.46. The number of hydrogen-bond acceptors (Lipinski definition) is 5. The Labute approximate surface area is 207 Å². The van der Waals surface area contributed by atoms with Crippen LogP contribution in [0.25, 0.3) is 0 Å². The van der Waals surface area contributed by atoms with E-state index in [4.69, 9.17) is 4.98 Å². The molecular formula is C26H35N3O5S. The van der Waals surface area contributed by atoms with Crippen molar-refractivity contribution in [2.24, 2.45) is 5.92 Å². The quantitative estimate of drug-likeness (QED) is 0.584. The van der Waals surface area contributed by atoms with Crippen molar-refractivity contribution in [1.82, 2.24) is 15.2 Å². The average molecular weight is 502 g/mol. The summed E-state index contributed by atoms with van der Waals surface area (Å²) in [6.45, 7) is 13.5. The zero-order valence-corrected chi connectivity index (χ0v) is 22.2. The van der Waals surface area contributed by atoms with Gasteiger partial charge in [0.1, 0.15) is 0 Å². The molecule has 3 rings (SSSR count). The monoisotopic (exact) mass is 501 g/mol. The van der Waals surface area contributed by atoms with Gasteiger partial charge in [0.15, 0.2) is 9.84 Å². The summed E-state index contributed by atoms with van der Waals surface area (Å²) < 4.78 is 24.1.